The number of methoxy groups -OCH3 is 1. The third kappa shape index (κ3) is 5.07. The van der Waals surface area contributed by atoms with Gasteiger partial charge < -0.3 is 9.64 Å². The summed E-state index contributed by atoms with van der Waals surface area (Å²) in [7, 11) is 1.50. The molecule has 0 radical (unpaired) electrons. The van der Waals surface area contributed by atoms with Gasteiger partial charge in [-0.2, -0.15) is 5.10 Å². The first-order chi connectivity index (χ1) is 18.2. The summed E-state index contributed by atoms with van der Waals surface area (Å²) in [6.07, 6.45) is 1.64. The van der Waals surface area contributed by atoms with Crippen LogP contribution in [0.25, 0.3) is 11.1 Å². The number of nitrogens with one attached hydrogen (secondary N) is 1. The Balaban J connectivity index is 1.34. The zero-order valence-electron chi connectivity index (χ0n) is 20.1. The third-order valence-electron chi connectivity index (χ3n) is 5.84. The molecule has 38 heavy (non-hydrogen) atoms. The fourth-order valence-electron chi connectivity index (χ4n) is 4.11. The lowest BCUT2D eigenvalue weighted by Crippen LogP contribution is -2.28. The predicted molar refractivity (Wildman–Crippen MR) is 136 cm³/mol. The number of carbonyl (C=O) groups excluding carboxylic acids is 2. The highest BCUT2D eigenvalue weighted by atomic mass is 35.5. The van der Waals surface area contributed by atoms with Crippen LogP contribution in [0.1, 0.15) is 37.1 Å². The topological polar surface area (TPSA) is 115 Å². The quantitative estimate of drug-likeness (QED) is 0.333. The second-order valence-electron chi connectivity index (χ2n) is 8.37. The molecule has 0 saturated carbocycles. The van der Waals surface area contributed by atoms with Crippen molar-refractivity contribution in [3.63, 3.8) is 0 Å². The van der Waals surface area contributed by atoms with E-state index in [9.17, 15) is 18.4 Å². The van der Waals surface area contributed by atoms with Gasteiger partial charge in [0.2, 0.25) is 0 Å². The van der Waals surface area contributed by atoms with Crippen LogP contribution >= 0.6 is 22.9 Å². The number of amides is 2. The van der Waals surface area contributed by atoms with E-state index in [0.29, 0.717) is 33.4 Å². The molecule has 5 rings (SSSR count). The van der Waals surface area contributed by atoms with E-state index in [1.807, 2.05) is 0 Å². The molecule has 0 bridgehead atoms. The van der Waals surface area contributed by atoms with Gasteiger partial charge in [0, 0.05) is 29.2 Å². The van der Waals surface area contributed by atoms with Crippen molar-refractivity contribution in [2.45, 2.75) is 33.0 Å². The molecule has 1 aliphatic rings. The number of carbonyl (C=O) groups is 2. The van der Waals surface area contributed by atoms with E-state index in [1.54, 1.807) is 19.1 Å². The molecular weight excluding hydrogens is 540 g/mol. The van der Waals surface area contributed by atoms with E-state index in [-0.39, 0.29) is 29.5 Å². The van der Waals surface area contributed by atoms with Crippen LogP contribution in [0.4, 0.5) is 13.9 Å². The molecule has 4 aromatic rings. The highest BCUT2D eigenvalue weighted by Gasteiger charge is 2.30. The van der Waals surface area contributed by atoms with Crippen LogP contribution in [0.15, 0.2) is 36.8 Å². The number of rotatable bonds is 7. The van der Waals surface area contributed by atoms with Crippen LogP contribution in [0.5, 0.6) is 5.75 Å². The van der Waals surface area contributed by atoms with Crippen molar-refractivity contribution in [2.24, 2.45) is 0 Å². The molecule has 0 spiro atoms. The maximum atomic E-state index is 13.3. The van der Waals surface area contributed by atoms with Crippen molar-refractivity contribution in [1.82, 2.24) is 29.6 Å². The number of nitrogens with zero attached hydrogens (tertiary/aromatic N) is 6. The number of alkyl halides is 2. The van der Waals surface area contributed by atoms with E-state index < -0.39 is 24.8 Å². The molecular formula is C24H20ClF2N7O3S. The minimum atomic E-state index is -2.63. The predicted octanol–water partition coefficient (Wildman–Crippen LogP) is 4.44. The van der Waals surface area contributed by atoms with Gasteiger partial charge in [0.05, 0.1) is 42.5 Å². The van der Waals surface area contributed by atoms with Crippen LogP contribution in [-0.2, 0) is 19.6 Å². The van der Waals surface area contributed by atoms with Crippen molar-refractivity contribution >= 4 is 39.9 Å². The molecule has 1 N–H and O–H groups in total. The molecule has 14 heteroatoms. The van der Waals surface area contributed by atoms with Gasteiger partial charge in [-0.25, -0.2) is 18.7 Å². The Bertz CT molecular complexity index is 1520. The summed E-state index contributed by atoms with van der Waals surface area (Å²) < 4.78 is 32.0. The summed E-state index contributed by atoms with van der Waals surface area (Å²) >= 11 is 7.35. The zero-order chi connectivity index (χ0) is 27.0. The minimum Gasteiger partial charge on any atom is -0.494 e. The average molecular weight is 560 g/mol. The SMILES string of the molecule is COc1cnc(Cl)cc1-c1cc(C)ncc1C(=O)Nc1nc2c(s1)CN(C(=O)c1ccnn1CC(F)F)C2. The summed E-state index contributed by atoms with van der Waals surface area (Å²) in [5.41, 5.74) is 2.85. The maximum absolute atomic E-state index is 13.3. The fourth-order valence-corrected chi connectivity index (χ4v) is 5.25. The molecule has 4 aromatic heterocycles. The number of hydrogen-bond donors (Lipinski definition) is 1. The Morgan fingerprint density at radius 3 is 2.76 bits per heavy atom. The Morgan fingerprint density at radius 2 is 2.03 bits per heavy atom. The lowest BCUT2D eigenvalue weighted by Gasteiger charge is -2.16. The monoisotopic (exact) mass is 559 g/mol. The van der Waals surface area contributed by atoms with Gasteiger partial charge in [0.1, 0.15) is 23.1 Å². The van der Waals surface area contributed by atoms with Gasteiger partial charge >= 0.3 is 0 Å². The molecule has 0 fully saturated rings. The first-order valence-electron chi connectivity index (χ1n) is 11.3. The molecule has 1 aliphatic heterocycles. The van der Waals surface area contributed by atoms with Crippen molar-refractivity contribution in [2.75, 3.05) is 12.4 Å². The third-order valence-corrected chi connectivity index (χ3v) is 7.04. The van der Waals surface area contributed by atoms with E-state index in [4.69, 9.17) is 16.3 Å². The van der Waals surface area contributed by atoms with Crippen LogP contribution in [0, 0.1) is 6.92 Å². The summed E-state index contributed by atoms with van der Waals surface area (Å²) in [4.78, 5) is 41.2. The molecule has 196 valence electrons. The summed E-state index contributed by atoms with van der Waals surface area (Å²) in [6.45, 7) is 1.57. The van der Waals surface area contributed by atoms with Crippen molar-refractivity contribution < 1.29 is 23.1 Å². The number of hydrogen-bond acceptors (Lipinski definition) is 8. The lowest BCUT2D eigenvalue weighted by molar-refractivity contribution is 0.0725. The summed E-state index contributed by atoms with van der Waals surface area (Å²) in [5.74, 6) is -0.403. The lowest BCUT2D eigenvalue weighted by atomic mass is 10.0. The van der Waals surface area contributed by atoms with Gasteiger partial charge in [-0.1, -0.05) is 22.9 Å². The van der Waals surface area contributed by atoms with Crippen LogP contribution in [0.3, 0.4) is 0 Å². The second-order valence-corrected chi connectivity index (χ2v) is 9.84. The standard InChI is InChI=1S/C24H20ClF2N7O3S/c1-12-5-13(14-6-20(25)29-8-18(14)37-2)15(7-28-12)22(35)32-24-31-16-9-33(10-19(16)38-24)23(36)17-3-4-30-34(17)11-21(26)27/h3-8,21H,9-11H2,1-2H3,(H,31,32,35). The van der Waals surface area contributed by atoms with Gasteiger partial charge in [0.15, 0.2) is 5.13 Å². The van der Waals surface area contributed by atoms with Gasteiger partial charge in [0.25, 0.3) is 18.2 Å². The van der Waals surface area contributed by atoms with Gasteiger partial charge in [-0.05, 0) is 25.1 Å². The smallest absolute Gasteiger partial charge is 0.272 e. The van der Waals surface area contributed by atoms with Crippen LogP contribution in [0.2, 0.25) is 5.15 Å². The van der Waals surface area contributed by atoms with Crippen molar-refractivity contribution in [1.29, 1.82) is 0 Å². The summed E-state index contributed by atoms with van der Waals surface area (Å²) in [5, 5.41) is 7.23. The van der Waals surface area contributed by atoms with Crippen LogP contribution < -0.4 is 10.1 Å². The van der Waals surface area contributed by atoms with Gasteiger partial charge in [-0.3, -0.25) is 24.6 Å². The zero-order valence-corrected chi connectivity index (χ0v) is 21.7. The number of aromatic nitrogens is 5. The number of halogens is 3. The highest BCUT2D eigenvalue weighted by Crippen LogP contribution is 2.35. The number of thiazole rings is 1. The van der Waals surface area contributed by atoms with E-state index in [0.717, 1.165) is 9.56 Å². The Morgan fingerprint density at radius 1 is 1.21 bits per heavy atom. The molecule has 10 nitrogen and oxygen atoms in total. The largest absolute Gasteiger partial charge is 0.494 e. The molecule has 0 unspecified atom stereocenters. The first-order valence-corrected chi connectivity index (χ1v) is 12.5. The highest BCUT2D eigenvalue weighted by molar-refractivity contribution is 7.16. The van der Waals surface area contributed by atoms with Gasteiger partial charge in [-0.15, -0.1) is 0 Å². The molecule has 2 amide bonds. The van der Waals surface area contributed by atoms with Crippen molar-refractivity contribution in [3.8, 4) is 16.9 Å². The van der Waals surface area contributed by atoms with Crippen LogP contribution in [-0.4, -0.2) is 55.0 Å². The Hall–Kier alpha value is -3.97. The molecule has 0 aliphatic carbocycles. The number of aryl methyl sites for hydroxylation is 1. The number of ether oxygens (including phenoxy) is 1. The molecule has 0 aromatic carbocycles. The van der Waals surface area contributed by atoms with Crippen molar-refractivity contribution in [3.05, 3.63) is 69.5 Å². The molecule has 5 heterocycles. The van der Waals surface area contributed by atoms with E-state index in [2.05, 4.69) is 25.4 Å². The first kappa shape index (κ1) is 25.7. The Labute approximate surface area is 224 Å². The fraction of sp³-hybridized carbons (Fsp3) is 0.250. The Kier molecular flexibility index (Phi) is 7.04. The minimum absolute atomic E-state index is 0.0834. The van der Waals surface area contributed by atoms with E-state index >= 15 is 0 Å². The summed E-state index contributed by atoms with van der Waals surface area (Å²) in [6, 6.07) is 4.78. The normalized spacial score (nSPS) is 12.6. The number of pyridine rings is 2. The number of fused-ring (bicyclic) bond motifs is 1. The molecule has 0 saturated heterocycles. The maximum Gasteiger partial charge on any atom is 0.272 e. The molecule has 0 atom stereocenters. The second kappa shape index (κ2) is 10.4. The average Bonchev–Trinajstić information content (AvgIpc) is 3.58. The number of anilines is 1. The van der Waals surface area contributed by atoms with E-state index in [1.165, 1.54) is 48.0 Å².